The van der Waals surface area contributed by atoms with Crippen LogP contribution in [-0.2, 0) is 13.1 Å². The van der Waals surface area contributed by atoms with Gasteiger partial charge in [0.2, 0.25) is 0 Å². The third-order valence-corrected chi connectivity index (χ3v) is 4.50. The molecule has 156 valence electrons. The third-order valence-electron chi connectivity index (χ3n) is 4.19. The molecule has 30 heavy (non-hydrogen) atoms. The van der Waals surface area contributed by atoms with Crippen molar-refractivity contribution in [3.8, 4) is 5.75 Å². The largest absolute Gasteiger partial charge is 0.507 e. The van der Waals surface area contributed by atoms with Gasteiger partial charge in [0.05, 0.1) is 12.1 Å². The maximum atomic E-state index is 13.3. The molecule has 0 radical (unpaired) electrons. The minimum Gasteiger partial charge on any atom is -0.507 e. The summed E-state index contributed by atoms with van der Waals surface area (Å²) < 4.78 is 28.7. The predicted molar refractivity (Wildman–Crippen MR) is 107 cm³/mol. The lowest BCUT2D eigenvalue weighted by Gasteiger charge is -2.10. The first-order valence-electron chi connectivity index (χ1n) is 8.81. The number of aromatic nitrogens is 3. The minimum atomic E-state index is -0.889. The summed E-state index contributed by atoms with van der Waals surface area (Å²) in [6.07, 6.45) is 0. The lowest BCUT2D eigenvalue weighted by atomic mass is 10.1. The van der Waals surface area contributed by atoms with Crippen LogP contribution in [0.3, 0.4) is 0 Å². The molecule has 0 aliphatic rings. The fourth-order valence-electron chi connectivity index (χ4n) is 2.76. The molecule has 0 unspecified atom stereocenters. The van der Waals surface area contributed by atoms with E-state index in [2.05, 4.69) is 20.8 Å². The summed E-state index contributed by atoms with van der Waals surface area (Å²) in [5.74, 6) is -2.97. The SMILES string of the molecule is CCn1c(CNC(=O)c2ccc(NC(=O)c3cc(F)cc(F)c3)cc2O)n[nH]c1=S. The van der Waals surface area contributed by atoms with Gasteiger partial charge in [0.15, 0.2) is 10.6 Å². The van der Waals surface area contributed by atoms with Crippen molar-refractivity contribution in [2.75, 3.05) is 5.32 Å². The molecular formula is C19H17F2N5O3S. The fourth-order valence-corrected chi connectivity index (χ4v) is 3.04. The van der Waals surface area contributed by atoms with Crippen LogP contribution in [0, 0.1) is 16.4 Å². The van der Waals surface area contributed by atoms with E-state index in [-0.39, 0.29) is 29.1 Å². The lowest BCUT2D eigenvalue weighted by Crippen LogP contribution is -2.25. The van der Waals surface area contributed by atoms with E-state index < -0.39 is 23.4 Å². The van der Waals surface area contributed by atoms with Gasteiger partial charge in [0.1, 0.15) is 17.4 Å². The number of phenols is 1. The van der Waals surface area contributed by atoms with Crippen LogP contribution in [0.2, 0.25) is 0 Å². The van der Waals surface area contributed by atoms with Crippen molar-refractivity contribution < 1.29 is 23.5 Å². The third kappa shape index (κ3) is 4.69. The number of hydrogen-bond acceptors (Lipinski definition) is 5. The number of carbonyl (C=O) groups is 2. The number of carbonyl (C=O) groups excluding carboxylic acids is 2. The zero-order valence-corrected chi connectivity index (χ0v) is 16.5. The minimum absolute atomic E-state index is 0.0259. The number of nitrogens with one attached hydrogen (secondary N) is 3. The lowest BCUT2D eigenvalue weighted by molar-refractivity contribution is 0.0946. The molecule has 2 amide bonds. The number of aromatic amines is 1. The fraction of sp³-hybridized carbons (Fsp3) is 0.158. The van der Waals surface area contributed by atoms with Gasteiger partial charge >= 0.3 is 0 Å². The first-order valence-corrected chi connectivity index (χ1v) is 9.22. The van der Waals surface area contributed by atoms with Crippen LogP contribution in [0.1, 0.15) is 33.5 Å². The molecule has 0 bridgehead atoms. The summed E-state index contributed by atoms with van der Waals surface area (Å²) in [5.41, 5.74) is -0.106. The van der Waals surface area contributed by atoms with Crippen molar-refractivity contribution in [3.05, 3.63) is 69.8 Å². The van der Waals surface area contributed by atoms with Crippen molar-refractivity contribution in [1.82, 2.24) is 20.1 Å². The van der Waals surface area contributed by atoms with Crippen molar-refractivity contribution in [3.63, 3.8) is 0 Å². The van der Waals surface area contributed by atoms with Gasteiger partial charge in [-0.25, -0.2) is 8.78 Å². The Morgan fingerprint density at radius 1 is 1.17 bits per heavy atom. The van der Waals surface area contributed by atoms with E-state index in [1.165, 1.54) is 12.1 Å². The molecule has 0 saturated heterocycles. The second-order valence-electron chi connectivity index (χ2n) is 6.22. The molecule has 1 heterocycles. The Bertz CT molecular complexity index is 1150. The molecule has 3 rings (SSSR count). The molecule has 8 nitrogen and oxygen atoms in total. The molecule has 2 aromatic carbocycles. The second-order valence-corrected chi connectivity index (χ2v) is 6.60. The van der Waals surface area contributed by atoms with Crippen LogP contribution in [0.4, 0.5) is 14.5 Å². The first-order chi connectivity index (χ1) is 14.3. The molecule has 0 fully saturated rings. The zero-order chi connectivity index (χ0) is 21.8. The highest BCUT2D eigenvalue weighted by Crippen LogP contribution is 2.23. The van der Waals surface area contributed by atoms with E-state index in [0.29, 0.717) is 23.2 Å². The van der Waals surface area contributed by atoms with Gasteiger partial charge in [-0.2, -0.15) is 5.10 Å². The Balaban J connectivity index is 1.69. The highest BCUT2D eigenvalue weighted by atomic mass is 32.1. The standard InChI is InChI=1S/C19H17F2N5O3S/c1-2-26-16(24-25-19(26)30)9-22-18(29)14-4-3-13(8-15(14)27)23-17(28)10-5-11(20)7-12(21)6-10/h3-8,27H,2,9H2,1H3,(H,22,29)(H,23,28)(H,25,30). The monoisotopic (exact) mass is 433 g/mol. The van der Waals surface area contributed by atoms with Crippen LogP contribution < -0.4 is 10.6 Å². The number of rotatable bonds is 6. The number of H-pyrrole nitrogens is 1. The number of phenolic OH excluding ortho intramolecular Hbond substituents is 1. The van der Waals surface area contributed by atoms with E-state index in [4.69, 9.17) is 12.2 Å². The number of hydrogen-bond donors (Lipinski definition) is 4. The highest BCUT2D eigenvalue weighted by Gasteiger charge is 2.15. The maximum absolute atomic E-state index is 13.3. The zero-order valence-electron chi connectivity index (χ0n) is 15.7. The number of benzene rings is 2. The Labute approximate surface area is 174 Å². The average Bonchev–Trinajstić information content (AvgIpc) is 3.05. The molecule has 11 heteroatoms. The van der Waals surface area contributed by atoms with Gasteiger partial charge in [-0.1, -0.05) is 0 Å². The number of amides is 2. The number of aromatic hydroxyl groups is 1. The van der Waals surface area contributed by atoms with Crippen LogP contribution in [0.25, 0.3) is 0 Å². The van der Waals surface area contributed by atoms with E-state index in [9.17, 15) is 23.5 Å². The van der Waals surface area contributed by atoms with Crippen LogP contribution in [0.5, 0.6) is 5.75 Å². The van der Waals surface area contributed by atoms with Gasteiger partial charge in [-0.3, -0.25) is 14.7 Å². The highest BCUT2D eigenvalue weighted by molar-refractivity contribution is 7.71. The van der Waals surface area contributed by atoms with Crippen LogP contribution in [0.15, 0.2) is 36.4 Å². The van der Waals surface area contributed by atoms with Gasteiger partial charge in [-0.05, 0) is 43.4 Å². The Morgan fingerprint density at radius 2 is 1.87 bits per heavy atom. The van der Waals surface area contributed by atoms with E-state index in [1.807, 2.05) is 6.92 Å². The molecule has 0 atom stereocenters. The van der Waals surface area contributed by atoms with Crippen molar-refractivity contribution >= 4 is 29.7 Å². The summed E-state index contributed by atoms with van der Waals surface area (Å²) in [5, 5.41) is 21.9. The normalized spacial score (nSPS) is 10.6. The van der Waals surface area contributed by atoms with E-state index in [0.717, 1.165) is 18.2 Å². The average molecular weight is 433 g/mol. The Kier molecular flexibility index (Phi) is 6.21. The van der Waals surface area contributed by atoms with Gasteiger partial charge in [-0.15, -0.1) is 0 Å². The molecule has 1 aromatic heterocycles. The second kappa shape index (κ2) is 8.82. The summed E-state index contributed by atoms with van der Waals surface area (Å²) in [6.45, 7) is 2.55. The molecule has 3 aromatic rings. The molecule has 4 N–H and O–H groups in total. The molecule has 0 saturated carbocycles. The van der Waals surface area contributed by atoms with Gasteiger partial charge in [0.25, 0.3) is 11.8 Å². The molecule has 0 aliphatic heterocycles. The topological polar surface area (TPSA) is 112 Å². The number of anilines is 1. The smallest absolute Gasteiger partial charge is 0.255 e. The van der Waals surface area contributed by atoms with E-state index >= 15 is 0 Å². The summed E-state index contributed by atoms with van der Waals surface area (Å²) >= 11 is 5.08. The number of halogens is 2. The maximum Gasteiger partial charge on any atom is 0.255 e. The van der Waals surface area contributed by atoms with Crippen molar-refractivity contribution in [2.45, 2.75) is 20.0 Å². The van der Waals surface area contributed by atoms with E-state index in [1.54, 1.807) is 4.57 Å². The molecule has 0 spiro atoms. The van der Waals surface area contributed by atoms with Crippen LogP contribution >= 0.6 is 12.2 Å². The van der Waals surface area contributed by atoms with Crippen molar-refractivity contribution in [2.24, 2.45) is 0 Å². The summed E-state index contributed by atoms with van der Waals surface area (Å²) in [6, 6.07) is 6.26. The van der Waals surface area contributed by atoms with Crippen LogP contribution in [-0.4, -0.2) is 31.7 Å². The predicted octanol–water partition coefficient (Wildman–Crippen LogP) is 3.13. The first kappa shape index (κ1) is 21.1. The number of nitrogens with zero attached hydrogens (tertiary/aromatic N) is 2. The quantitative estimate of drug-likeness (QED) is 0.446. The van der Waals surface area contributed by atoms with Gasteiger partial charge in [0, 0.05) is 29.9 Å². The molecular weight excluding hydrogens is 416 g/mol. The summed E-state index contributed by atoms with van der Waals surface area (Å²) in [7, 11) is 0. The Morgan fingerprint density at radius 3 is 2.50 bits per heavy atom. The Hall–Kier alpha value is -3.60. The van der Waals surface area contributed by atoms with Gasteiger partial charge < -0.3 is 20.3 Å². The molecule has 0 aliphatic carbocycles. The van der Waals surface area contributed by atoms with Crippen molar-refractivity contribution in [1.29, 1.82) is 0 Å². The summed E-state index contributed by atoms with van der Waals surface area (Å²) in [4.78, 5) is 24.5.